The Morgan fingerprint density at radius 3 is 2.58 bits per heavy atom. The molecule has 2 aliphatic rings. The van der Waals surface area contributed by atoms with Crippen LogP contribution < -0.4 is 10.2 Å². The molecule has 1 saturated heterocycles. The maximum absolute atomic E-state index is 13.2. The van der Waals surface area contributed by atoms with Gasteiger partial charge in [0.25, 0.3) is 0 Å². The second kappa shape index (κ2) is 12.2. The van der Waals surface area contributed by atoms with Gasteiger partial charge in [0.05, 0.1) is 16.3 Å². The Balaban J connectivity index is 1.34. The zero-order valence-electron chi connectivity index (χ0n) is 20.7. The molecule has 4 rings (SSSR count). The summed E-state index contributed by atoms with van der Waals surface area (Å²) in [5, 5.41) is 2.90. The summed E-state index contributed by atoms with van der Waals surface area (Å²) in [7, 11) is -1.59. The summed E-state index contributed by atoms with van der Waals surface area (Å²) in [4.78, 5) is 30.0. The van der Waals surface area contributed by atoms with Crippen molar-refractivity contribution in [2.24, 2.45) is 0 Å². The summed E-state index contributed by atoms with van der Waals surface area (Å²) < 4.78 is 27.8. The molecule has 0 bridgehead atoms. The SMILES string of the molecule is CN(CCCNC(=O)CN1C(=O)CSc2ccc(S(=O)(=O)N3CCCCC3)cc21)Cc1ccccc1. The van der Waals surface area contributed by atoms with E-state index >= 15 is 0 Å². The first-order valence-corrected chi connectivity index (χ1v) is 14.8. The van der Waals surface area contributed by atoms with Gasteiger partial charge in [-0.1, -0.05) is 36.8 Å². The number of carbonyl (C=O) groups excluding carboxylic acids is 2. The van der Waals surface area contributed by atoms with Crippen LogP contribution in [0.2, 0.25) is 0 Å². The van der Waals surface area contributed by atoms with Crippen molar-refractivity contribution in [3.63, 3.8) is 0 Å². The van der Waals surface area contributed by atoms with Crippen molar-refractivity contribution in [1.29, 1.82) is 0 Å². The highest BCUT2D eigenvalue weighted by atomic mass is 32.2. The standard InChI is InChI=1S/C26H34N4O4S2/c1-28(18-21-9-4-2-5-10-21)14-8-13-27-25(31)19-30-23-17-22(11-12-24(23)35-20-26(30)32)36(33,34)29-15-6-3-7-16-29/h2,4-5,9-12,17H,3,6-8,13-16,18-20H2,1H3,(H,27,31). The Morgan fingerprint density at radius 1 is 1.08 bits per heavy atom. The summed E-state index contributed by atoms with van der Waals surface area (Å²) in [6.45, 7) is 3.08. The smallest absolute Gasteiger partial charge is 0.243 e. The topological polar surface area (TPSA) is 90.0 Å². The molecule has 0 unspecified atom stereocenters. The van der Waals surface area contributed by atoms with Crippen molar-refractivity contribution >= 4 is 39.3 Å². The number of piperidine rings is 1. The molecule has 0 spiro atoms. The largest absolute Gasteiger partial charge is 0.355 e. The Kier molecular flexibility index (Phi) is 9.05. The fourth-order valence-corrected chi connectivity index (χ4v) is 6.97. The Bertz CT molecular complexity index is 1170. The molecule has 2 heterocycles. The predicted molar refractivity (Wildman–Crippen MR) is 143 cm³/mol. The fourth-order valence-electron chi connectivity index (χ4n) is 4.52. The van der Waals surface area contributed by atoms with Gasteiger partial charge in [0, 0.05) is 31.1 Å². The van der Waals surface area contributed by atoms with E-state index < -0.39 is 10.0 Å². The average molecular weight is 531 g/mol. The summed E-state index contributed by atoms with van der Waals surface area (Å²) in [6, 6.07) is 15.1. The quantitative estimate of drug-likeness (QED) is 0.475. The van der Waals surface area contributed by atoms with E-state index in [2.05, 4.69) is 22.3 Å². The van der Waals surface area contributed by atoms with Crippen molar-refractivity contribution in [3.05, 3.63) is 54.1 Å². The van der Waals surface area contributed by atoms with Crippen LogP contribution in [0.4, 0.5) is 5.69 Å². The first kappa shape index (κ1) is 26.7. The lowest BCUT2D eigenvalue weighted by Gasteiger charge is -2.30. The highest BCUT2D eigenvalue weighted by molar-refractivity contribution is 8.00. The van der Waals surface area contributed by atoms with Gasteiger partial charge < -0.3 is 15.1 Å². The molecule has 0 aromatic heterocycles. The van der Waals surface area contributed by atoms with Crippen LogP contribution in [0.1, 0.15) is 31.2 Å². The molecule has 2 aromatic carbocycles. The average Bonchev–Trinajstić information content (AvgIpc) is 2.89. The monoisotopic (exact) mass is 530 g/mol. The number of benzene rings is 2. The van der Waals surface area contributed by atoms with Crippen LogP contribution in [0.25, 0.3) is 0 Å². The lowest BCUT2D eigenvalue weighted by Crippen LogP contribution is -2.44. The van der Waals surface area contributed by atoms with E-state index in [1.165, 1.54) is 26.5 Å². The lowest BCUT2D eigenvalue weighted by atomic mass is 10.2. The predicted octanol–water partition coefficient (Wildman–Crippen LogP) is 2.94. The van der Waals surface area contributed by atoms with Crippen LogP contribution >= 0.6 is 11.8 Å². The number of hydrogen-bond donors (Lipinski definition) is 1. The minimum Gasteiger partial charge on any atom is -0.355 e. The number of nitrogens with zero attached hydrogens (tertiary/aromatic N) is 3. The molecule has 1 fully saturated rings. The number of sulfonamides is 1. The van der Waals surface area contributed by atoms with Crippen molar-refractivity contribution in [2.45, 2.75) is 42.0 Å². The fraction of sp³-hybridized carbons (Fsp3) is 0.462. The number of anilines is 1. The molecule has 10 heteroatoms. The maximum atomic E-state index is 13.2. The molecule has 0 saturated carbocycles. The Morgan fingerprint density at radius 2 is 1.83 bits per heavy atom. The van der Waals surface area contributed by atoms with Crippen molar-refractivity contribution in [2.75, 3.05) is 50.4 Å². The van der Waals surface area contributed by atoms with E-state index in [9.17, 15) is 18.0 Å². The number of carbonyl (C=O) groups is 2. The van der Waals surface area contributed by atoms with Gasteiger partial charge in [-0.3, -0.25) is 9.59 Å². The Hall–Kier alpha value is -2.40. The first-order chi connectivity index (χ1) is 17.3. The summed E-state index contributed by atoms with van der Waals surface area (Å²) in [6.07, 6.45) is 3.53. The van der Waals surface area contributed by atoms with Crippen molar-refractivity contribution in [1.82, 2.24) is 14.5 Å². The molecule has 0 atom stereocenters. The third kappa shape index (κ3) is 6.67. The van der Waals surface area contributed by atoms with E-state index in [0.717, 1.165) is 43.7 Å². The first-order valence-electron chi connectivity index (χ1n) is 12.4. The number of thioether (sulfide) groups is 1. The second-order valence-electron chi connectivity index (χ2n) is 9.29. The molecule has 2 aliphatic heterocycles. The van der Waals surface area contributed by atoms with Crippen LogP contribution in [0, 0.1) is 0 Å². The number of fused-ring (bicyclic) bond motifs is 1. The van der Waals surface area contributed by atoms with E-state index in [1.54, 1.807) is 18.2 Å². The number of rotatable bonds is 10. The van der Waals surface area contributed by atoms with Crippen molar-refractivity contribution < 1.29 is 18.0 Å². The molecule has 0 aliphatic carbocycles. The number of hydrogen-bond acceptors (Lipinski definition) is 6. The van der Waals surface area contributed by atoms with E-state index in [0.29, 0.717) is 25.3 Å². The molecule has 194 valence electrons. The summed E-state index contributed by atoms with van der Waals surface area (Å²) >= 11 is 1.37. The van der Waals surface area contributed by atoms with Gasteiger partial charge in [-0.25, -0.2) is 8.42 Å². The lowest BCUT2D eigenvalue weighted by molar-refractivity contribution is -0.123. The molecular weight excluding hydrogens is 496 g/mol. The van der Waals surface area contributed by atoms with Gasteiger partial charge >= 0.3 is 0 Å². The normalized spacial score (nSPS) is 16.7. The second-order valence-corrected chi connectivity index (χ2v) is 12.2. The minimum atomic E-state index is -3.63. The number of amides is 2. The van der Waals surface area contributed by atoms with Crippen molar-refractivity contribution in [3.8, 4) is 0 Å². The highest BCUT2D eigenvalue weighted by Crippen LogP contribution is 2.37. The van der Waals surface area contributed by atoms with Gasteiger partial charge in [-0.05, 0) is 56.6 Å². The molecule has 36 heavy (non-hydrogen) atoms. The molecule has 2 aromatic rings. The maximum Gasteiger partial charge on any atom is 0.243 e. The highest BCUT2D eigenvalue weighted by Gasteiger charge is 2.31. The van der Waals surface area contributed by atoms with Gasteiger partial charge in [0.1, 0.15) is 6.54 Å². The molecule has 1 N–H and O–H groups in total. The molecule has 2 amide bonds. The molecule has 8 nitrogen and oxygen atoms in total. The third-order valence-electron chi connectivity index (χ3n) is 6.46. The Labute approximate surface area is 218 Å². The summed E-state index contributed by atoms with van der Waals surface area (Å²) in [5.41, 5.74) is 1.73. The van der Waals surface area contributed by atoms with Gasteiger partial charge in [-0.15, -0.1) is 11.8 Å². The van der Waals surface area contributed by atoms with E-state index in [4.69, 9.17) is 0 Å². The third-order valence-corrected chi connectivity index (χ3v) is 9.40. The van der Waals surface area contributed by atoms with Gasteiger partial charge in [-0.2, -0.15) is 4.31 Å². The number of nitrogens with one attached hydrogen (secondary N) is 1. The van der Waals surface area contributed by atoms with Crippen LogP contribution in [-0.4, -0.2) is 75.0 Å². The zero-order chi connectivity index (χ0) is 25.5. The van der Waals surface area contributed by atoms with Crippen LogP contribution in [0.5, 0.6) is 0 Å². The van der Waals surface area contributed by atoms with Gasteiger partial charge in [0.15, 0.2) is 0 Å². The van der Waals surface area contributed by atoms with E-state index in [1.807, 2.05) is 25.2 Å². The van der Waals surface area contributed by atoms with Gasteiger partial charge in [0.2, 0.25) is 21.8 Å². The van der Waals surface area contributed by atoms with E-state index in [-0.39, 0.29) is 29.0 Å². The van der Waals surface area contributed by atoms with Crippen LogP contribution in [0.15, 0.2) is 58.3 Å². The van der Waals surface area contributed by atoms with Crippen LogP contribution in [-0.2, 0) is 26.2 Å². The zero-order valence-corrected chi connectivity index (χ0v) is 22.3. The van der Waals surface area contributed by atoms with Crippen LogP contribution in [0.3, 0.4) is 0 Å². The molecule has 0 radical (unpaired) electrons. The molecular formula is C26H34N4O4S2. The minimum absolute atomic E-state index is 0.126. The summed E-state index contributed by atoms with van der Waals surface area (Å²) in [5.74, 6) is -0.225.